The Morgan fingerprint density at radius 3 is 2.94 bits per heavy atom. The molecule has 5 N–H and O–H groups in total. The molecule has 0 radical (unpaired) electrons. The zero-order valence-electron chi connectivity index (χ0n) is 17.7. The van der Waals surface area contributed by atoms with Crippen molar-refractivity contribution in [3.05, 3.63) is 53.1 Å². The summed E-state index contributed by atoms with van der Waals surface area (Å²) in [5.74, 6) is -0.978. The van der Waals surface area contributed by atoms with Gasteiger partial charge in [-0.15, -0.1) is 0 Å². The van der Waals surface area contributed by atoms with Crippen molar-refractivity contribution in [2.75, 3.05) is 28.7 Å². The largest absolute Gasteiger partial charge is 0.383 e. The number of aryl methyl sites for hydroxylation is 1. The maximum Gasteiger partial charge on any atom is 0.259 e. The quantitative estimate of drug-likeness (QED) is 0.535. The average molecular weight is 449 g/mol. The van der Waals surface area contributed by atoms with Crippen molar-refractivity contribution in [3.8, 4) is 0 Å². The van der Waals surface area contributed by atoms with E-state index >= 15 is 0 Å². The number of aliphatic hydroxyl groups is 1. The molecule has 0 bridgehead atoms. The van der Waals surface area contributed by atoms with E-state index in [9.17, 15) is 19.5 Å². The van der Waals surface area contributed by atoms with Crippen molar-refractivity contribution >= 4 is 40.6 Å². The second-order valence-corrected chi connectivity index (χ2v) is 8.15. The molecule has 2 atom stereocenters. The lowest BCUT2D eigenvalue weighted by Gasteiger charge is -2.35. The highest BCUT2D eigenvalue weighted by Gasteiger charge is 2.40. The molecule has 3 heterocycles. The third kappa shape index (κ3) is 3.83. The number of hydrogen-bond donors (Lipinski definition) is 4. The zero-order valence-corrected chi connectivity index (χ0v) is 17.7. The van der Waals surface area contributed by atoms with Crippen molar-refractivity contribution in [2.45, 2.75) is 31.6 Å². The standard InChI is InChI=1S/C23H23N5O5/c24-21-15-6-5-14(10-13(15)11-25-21)26-22(31)19(30)20-23(32)28(8-9-33-20)16-3-1-2-12-4-7-17(29)27-18(12)16/h1-3,5-6,10,19-20,30H,4,7-9,11H2,(H2,24,25)(H,26,31)(H,27,29)/t19-,20-/m1/s1. The van der Waals surface area contributed by atoms with Gasteiger partial charge in [-0.1, -0.05) is 12.1 Å². The summed E-state index contributed by atoms with van der Waals surface area (Å²) in [5.41, 5.74) is 10.00. The Labute approximate surface area is 189 Å². The number of hydrogen-bond acceptors (Lipinski definition) is 7. The first-order valence-electron chi connectivity index (χ1n) is 10.7. The molecule has 10 heteroatoms. The molecule has 5 rings (SSSR count). The second-order valence-electron chi connectivity index (χ2n) is 8.15. The monoisotopic (exact) mass is 449 g/mol. The van der Waals surface area contributed by atoms with Gasteiger partial charge in [-0.25, -0.2) is 0 Å². The molecule has 3 amide bonds. The number of aliphatic hydroxyl groups excluding tert-OH is 1. The van der Waals surface area contributed by atoms with Gasteiger partial charge in [0, 0.05) is 24.2 Å². The smallest absolute Gasteiger partial charge is 0.259 e. The number of nitrogens with zero attached hydrogens (tertiary/aromatic N) is 2. The van der Waals surface area contributed by atoms with E-state index in [0.717, 1.165) is 16.7 Å². The first kappa shape index (κ1) is 21.1. The maximum atomic E-state index is 13.2. The third-order valence-electron chi connectivity index (χ3n) is 6.05. The van der Waals surface area contributed by atoms with Crippen molar-refractivity contribution in [1.82, 2.24) is 0 Å². The van der Waals surface area contributed by atoms with Gasteiger partial charge in [-0.05, 0) is 41.8 Å². The molecule has 2 aromatic rings. The van der Waals surface area contributed by atoms with Crippen LogP contribution in [0.5, 0.6) is 0 Å². The van der Waals surface area contributed by atoms with Crippen LogP contribution in [0.1, 0.15) is 23.1 Å². The van der Waals surface area contributed by atoms with Gasteiger partial charge in [0.15, 0.2) is 12.2 Å². The number of para-hydroxylation sites is 1. The molecule has 0 spiro atoms. The first-order chi connectivity index (χ1) is 15.9. The summed E-state index contributed by atoms with van der Waals surface area (Å²) in [6, 6.07) is 10.6. The molecule has 3 aliphatic rings. The van der Waals surface area contributed by atoms with E-state index < -0.39 is 24.0 Å². The van der Waals surface area contributed by atoms with E-state index in [0.29, 0.717) is 42.3 Å². The molecule has 10 nitrogen and oxygen atoms in total. The van der Waals surface area contributed by atoms with Crippen LogP contribution < -0.4 is 21.3 Å². The van der Waals surface area contributed by atoms with Crippen LogP contribution >= 0.6 is 0 Å². The summed E-state index contributed by atoms with van der Waals surface area (Å²) < 4.78 is 5.49. The number of nitrogens with two attached hydrogens (primary N) is 1. The van der Waals surface area contributed by atoms with E-state index in [-0.39, 0.29) is 19.1 Å². The van der Waals surface area contributed by atoms with Gasteiger partial charge in [0.2, 0.25) is 5.91 Å². The van der Waals surface area contributed by atoms with Crippen LogP contribution in [0.3, 0.4) is 0 Å². The Kier molecular flexibility index (Phi) is 5.31. The number of carbonyl (C=O) groups excluding carboxylic acids is 3. The Hall–Kier alpha value is -3.76. The number of anilines is 3. The lowest BCUT2D eigenvalue weighted by atomic mass is 10.0. The van der Waals surface area contributed by atoms with E-state index in [4.69, 9.17) is 10.5 Å². The Bertz CT molecular complexity index is 1190. The van der Waals surface area contributed by atoms with Crippen molar-refractivity contribution < 1.29 is 24.2 Å². The molecule has 0 unspecified atom stereocenters. The minimum atomic E-state index is -1.72. The van der Waals surface area contributed by atoms with Crippen LogP contribution in [-0.4, -0.2) is 54.0 Å². The number of carbonyl (C=O) groups is 3. The summed E-state index contributed by atoms with van der Waals surface area (Å²) in [6.07, 6.45) is -2.12. The number of ether oxygens (including phenoxy) is 1. The van der Waals surface area contributed by atoms with Crippen LogP contribution in [0.2, 0.25) is 0 Å². The number of nitrogens with one attached hydrogen (secondary N) is 2. The second kappa shape index (κ2) is 8.30. The fourth-order valence-corrected chi connectivity index (χ4v) is 4.35. The number of amidine groups is 1. The van der Waals surface area contributed by atoms with Gasteiger partial charge in [0.05, 0.1) is 24.5 Å². The van der Waals surface area contributed by atoms with Crippen LogP contribution in [0.25, 0.3) is 0 Å². The van der Waals surface area contributed by atoms with E-state index in [1.807, 2.05) is 12.1 Å². The van der Waals surface area contributed by atoms with Crippen LogP contribution in [0.15, 0.2) is 41.4 Å². The molecule has 1 saturated heterocycles. The van der Waals surface area contributed by atoms with E-state index in [1.54, 1.807) is 24.3 Å². The fraction of sp³-hybridized carbons (Fsp3) is 0.304. The Morgan fingerprint density at radius 1 is 1.24 bits per heavy atom. The summed E-state index contributed by atoms with van der Waals surface area (Å²) in [5, 5.41) is 16.1. The molecule has 33 heavy (non-hydrogen) atoms. The summed E-state index contributed by atoms with van der Waals surface area (Å²) in [6.45, 7) is 0.792. The first-order valence-corrected chi connectivity index (χ1v) is 10.7. The molecule has 170 valence electrons. The number of rotatable bonds is 4. The van der Waals surface area contributed by atoms with Crippen molar-refractivity contribution in [1.29, 1.82) is 0 Å². The van der Waals surface area contributed by atoms with E-state index in [2.05, 4.69) is 15.6 Å². The normalized spacial score (nSPS) is 20.5. The summed E-state index contributed by atoms with van der Waals surface area (Å²) in [4.78, 5) is 43.4. The molecular formula is C23H23N5O5. The fourth-order valence-electron chi connectivity index (χ4n) is 4.35. The lowest BCUT2D eigenvalue weighted by Crippen LogP contribution is -2.55. The Morgan fingerprint density at radius 2 is 2.09 bits per heavy atom. The maximum absolute atomic E-state index is 13.2. The molecule has 0 aromatic heterocycles. The van der Waals surface area contributed by atoms with Crippen LogP contribution in [0.4, 0.5) is 17.1 Å². The highest BCUT2D eigenvalue weighted by Crippen LogP contribution is 2.35. The molecule has 0 aliphatic carbocycles. The van der Waals surface area contributed by atoms with Crippen LogP contribution in [0, 0.1) is 0 Å². The Balaban J connectivity index is 1.32. The topological polar surface area (TPSA) is 146 Å². The molecule has 2 aromatic carbocycles. The number of morpholine rings is 1. The molecule has 3 aliphatic heterocycles. The minimum Gasteiger partial charge on any atom is -0.383 e. The van der Waals surface area contributed by atoms with Crippen molar-refractivity contribution in [2.24, 2.45) is 10.7 Å². The van der Waals surface area contributed by atoms with Crippen LogP contribution in [-0.2, 0) is 32.1 Å². The number of fused-ring (bicyclic) bond motifs is 2. The third-order valence-corrected chi connectivity index (χ3v) is 6.05. The minimum absolute atomic E-state index is 0.117. The van der Waals surface area contributed by atoms with Gasteiger partial charge >= 0.3 is 0 Å². The molecule has 1 fully saturated rings. The zero-order chi connectivity index (χ0) is 23.1. The summed E-state index contributed by atoms with van der Waals surface area (Å²) >= 11 is 0. The van der Waals surface area contributed by atoms with Gasteiger partial charge < -0.3 is 31.1 Å². The SMILES string of the molecule is NC1=NCc2cc(NC(=O)[C@H](O)[C@H]3OCCN(c4cccc5c4NC(=O)CC5)C3=O)ccc21. The number of aliphatic imine (C=N–C) groups is 1. The number of benzene rings is 2. The van der Waals surface area contributed by atoms with Gasteiger partial charge in [0.1, 0.15) is 5.84 Å². The average Bonchev–Trinajstić information content (AvgIpc) is 3.18. The van der Waals surface area contributed by atoms with Gasteiger partial charge in [0.25, 0.3) is 11.8 Å². The lowest BCUT2D eigenvalue weighted by molar-refractivity contribution is -0.150. The predicted molar refractivity (Wildman–Crippen MR) is 121 cm³/mol. The van der Waals surface area contributed by atoms with Gasteiger partial charge in [-0.3, -0.25) is 19.4 Å². The summed E-state index contributed by atoms with van der Waals surface area (Å²) in [7, 11) is 0. The highest BCUT2D eigenvalue weighted by molar-refractivity contribution is 6.07. The van der Waals surface area contributed by atoms with Gasteiger partial charge in [-0.2, -0.15) is 0 Å². The van der Waals surface area contributed by atoms with E-state index in [1.165, 1.54) is 4.90 Å². The highest BCUT2D eigenvalue weighted by atomic mass is 16.5. The molecule has 0 saturated carbocycles. The molecular weight excluding hydrogens is 426 g/mol. The number of amides is 3. The van der Waals surface area contributed by atoms with Crippen molar-refractivity contribution in [3.63, 3.8) is 0 Å². The predicted octanol–water partition coefficient (Wildman–Crippen LogP) is 0.522.